The van der Waals surface area contributed by atoms with Gasteiger partial charge in [-0.1, -0.05) is 18.2 Å². The van der Waals surface area contributed by atoms with Crippen molar-refractivity contribution in [2.75, 3.05) is 37.6 Å². The minimum Gasteiger partial charge on any atom is -0.330 e. The first-order valence-corrected chi connectivity index (χ1v) is 6.89. The van der Waals surface area contributed by atoms with E-state index in [0.717, 1.165) is 25.2 Å². The topological polar surface area (TPSA) is 73.4 Å². The first-order valence-electron chi connectivity index (χ1n) is 6.89. The lowest BCUT2D eigenvalue weighted by molar-refractivity contribution is -0.119. The van der Waals surface area contributed by atoms with Crippen LogP contribution in [0.1, 0.15) is 6.42 Å². The molecule has 106 valence electrons. The number of likely N-dealkylation sites (tertiary alicyclic amines) is 1. The van der Waals surface area contributed by atoms with Crippen LogP contribution >= 0.6 is 0 Å². The van der Waals surface area contributed by atoms with Crippen LogP contribution in [0.15, 0.2) is 30.3 Å². The fourth-order valence-corrected chi connectivity index (χ4v) is 2.53. The number of nitrogens with zero attached hydrogens (tertiary/aromatic N) is 3. The van der Waals surface area contributed by atoms with Gasteiger partial charge in [0.25, 0.3) is 0 Å². The first kappa shape index (κ1) is 14.5. The average molecular weight is 272 g/mol. The Morgan fingerprint density at radius 1 is 1.45 bits per heavy atom. The van der Waals surface area contributed by atoms with Gasteiger partial charge >= 0.3 is 0 Å². The molecule has 1 aliphatic rings. The normalized spacial score (nSPS) is 18.7. The van der Waals surface area contributed by atoms with Gasteiger partial charge in [-0.2, -0.15) is 5.26 Å². The van der Waals surface area contributed by atoms with Gasteiger partial charge in [0.15, 0.2) is 0 Å². The number of carbonyl (C=O) groups excluding carboxylic acids is 1. The van der Waals surface area contributed by atoms with Crippen LogP contribution in [0.2, 0.25) is 0 Å². The maximum Gasteiger partial charge on any atom is 0.242 e. The van der Waals surface area contributed by atoms with Crippen molar-refractivity contribution in [1.82, 2.24) is 4.90 Å². The summed E-state index contributed by atoms with van der Waals surface area (Å²) in [6.07, 6.45) is 1.05. The molecule has 0 saturated carbocycles. The molecule has 0 aromatic heterocycles. The number of benzene rings is 1. The van der Waals surface area contributed by atoms with Crippen molar-refractivity contribution in [2.45, 2.75) is 6.42 Å². The van der Waals surface area contributed by atoms with E-state index in [0.29, 0.717) is 19.0 Å². The smallest absolute Gasteiger partial charge is 0.242 e. The van der Waals surface area contributed by atoms with Crippen molar-refractivity contribution in [3.8, 4) is 6.07 Å². The second kappa shape index (κ2) is 7.04. The van der Waals surface area contributed by atoms with Crippen LogP contribution in [-0.4, -0.2) is 43.5 Å². The van der Waals surface area contributed by atoms with Crippen LogP contribution in [0, 0.1) is 17.2 Å². The van der Waals surface area contributed by atoms with Crippen molar-refractivity contribution < 1.29 is 4.79 Å². The zero-order valence-electron chi connectivity index (χ0n) is 11.5. The van der Waals surface area contributed by atoms with Gasteiger partial charge in [0, 0.05) is 12.2 Å². The minimum atomic E-state index is -0.0320. The van der Waals surface area contributed by atoms with E-state index in [2.05, 4.69) is 11.0 Å². The van der Waals surface area contributed by atoms with Crippen LogP contribution in [-0.2, 0) is 4.79 Å². The Bertz CT molecular complexity index is 482. The van der Waals surface area contributed by atoms with Gasteiger partial charge in [-0.15, -0.1) is 0 Å². The predicted molar refractivity (Wildman–Crippen MR) is 78.0 cm³/mol. The molecule has 1 saturated heterocycles. The highest BCUT2D eigenvalue weighted by molar-refractivity contribution is 5.95. The Morgan fingerprint density at radius 3 is 2.80 bits per heavy atom. The second-order valence-corrected chi connectivity index (χ2v) is 5.10. The molecule has 1 aromatic carbocycles. The lowest BCUT2D eigenvalue weighted by atomic mass is 10.1. The molecule has 1 heterocycles. The number of nitriles is 1. The van der Waals surface area contributed by atoms with Crippen molar-refractivity contribution in [2.24, 2.45) is 11.7 Å². The molecule has 1 aromatic rings. The Labute approximate surface area is 119 Å². The summed E-state index contributed by atoms with van der Waals surface area (Å²) >= 11 is 0. The maximum atomic E-state index is 12.4. The fraction of sp³-hybridized carbons (Fsp3) is 0.467. The van der Waals surface area contributed by atoms with Gasteiger partial charge < -0.3 is 5.73 Å². The van der Waals surface area contributed by atoms with Crippen LogP contribution < -0.4 is 10.6 Å². The van der Waals surface area contributed by atoms with Gasteiger partial charge in [0.1, 0.15) is 6.54 Å². The summed E-state index contributed by atoms with van der Waals surface area (Å²) < 4.78 is 0. The van der Waals surface area contributed by atoms with E-state index in [-0.39, 0.29) is 12.5 Å². The van der Waals surface area contributed by atoms with Crippen molar-refractivity contribution in [3.05, 3.63) is 30.3 Å². The summed E-state index contributed by atoms with van der Waals surface area (Å²) in [5.41, 5.74) is 6.43. The first-order chi connectivity index (χ1) is 9.74. The molecule has 1 unspecified atom stereocenters. The lowest BCUT2D eigenvalue weighted by Crippen LogP contribution is -2.40. The van der Waals surface area contributed by atoms with Crippen LogP contribution in [0.25, 0.3) is 0 Å². The highest BCUT2D eigenvalue weighted by atomic mass is 16.2. The molecule has 0 bridgehead atoms. The summed E-state index contributed by atoms with van der Waals surface area (Å²) in [6.45, 7) is 2.88. The number of carbonyl (C=O) groups is 1. The molecule has 20 heavy (non-hydrogen) atoms. The van der Waals surface area contributed by atoms with E-state index in [1.807, 2.05) is 30.3 Å². The largest absolute Gasteiger partial charge is 0.330 e. The maximum absolute atomic E-state index is 12.4. The highest BCUT2D eigenvalue weighted by Gasteiger charge is 2.25. The lowest BCUT2D eigenvalue weighted by Gasteiger charge is -2.23. The number of anilines is 1. The summed E-state index contributed by atoms with van der Waals surface area (Å²) in [7, 11) is 0. The summed E-state index contributed by atoms with van der Waals surface area (Å²) in [4.78, 5) is 16.0. The molecule has 1 fully saturated rings. The molecule has 0 aliphatic carbocycles. The van der Waals surface area contributed by atoms with Gasteiger partial charge in [0.2, 0.25) is 5.91 Å². The molecule has 2 rings (SSSR count). The highest BCUT2D eigenvalue weighted by Crippen LogP contribution is 2.17. The zero-order valence-corrected chi connectivity index (χ0v) is 11.5. The average Bonchev–Trinajstić information content (AvgIpc) is 2.93. The van der Waals surface area contributed by atoms with Gasteiger partial charge in [-0.05, 0) is 37.6 Å². The van der Waals surface area contributed by atoms with E-state index < -0.39 is 0 Å². The molecule has 1 amide bonds. The molecule has 0 spiro atoms. The van der Waals surface area contributed by atoms with Crippen LogP contribution in [0.4, 0.5) is 5.69 Å². The van der Waals surface area contributed by atoms with E-state index in [1.54, 1.807) is 0 Å². The Hall–Kier alpha value is -1.90. The van der Waals surface area contributed by atoms with E-state index >= 15 is 0 Å². The third kappa shape index (κ3) is 3.56. The number of hydrogen-bond donors (Lipinski definition) is 1. The minimum absolute atomic E-state index is 0.0320. The van der Waals surface area contributed by atoms with E-state index in [4.69, 9.17) is 11.0 Å². The third-order valence-corrected chi connectivity index (χ3v) is 3.66. The van der Waals surface area contributed by atoms with Crippen molar-refractivity contribution in [3.63, 3.8) is 0 Å². The molecule has 5 heteroatoms. The molecule has 1 aliphatic heterocycles. The number of rotatable bonds is 5. The summed E-state index contributed by atoms with van der Waals surface area (Å²) in [6, 6.07) is 11.4. The van der Waals surface area contributed by atoms with Crippen LogP contribution in [0.3, 0.4) is 0 Å². The molecular weight excluding hydrogens is 252 g/mol. The van der Waals surface area contributed by atoms with Gasteiger partial charge in [0.05, 0.1) is 12.6 Å². The fourth-order valence-electron chi connectivity index (χ4n) is 2.53. The summed E-state index contributed by atoms with van der Waals surface area (Å²) in [5, 5.41) is 8.91. The second-order valence-electron chi connectivity index (χ2n) is 5.10. The van der Waals surface area contributed by atoms with Gasteiger partial charge in [-0.3, -0.25) is 14.6 Å². The van der Waals surface area contributed by atoms with Crippen LogP contribution in [0.5, 0.6) is 0 Å². The summed E-state index contributed by atoms with van der Waals surface area (Å²) in [5.74, 6) is 0.458. The Morgan fingerprint density at radius 2 is 2.20 bits per heavy atom. The predicted octanol–water partition coefficient (Wildman–Crippen LogP) is 0.824. The van der Waals surface area contributed by atoms with Crippen molar-refractivity contribution in [1.29, 1.82) is 5.26 Å². The quantitative estimate of drug-likeness (QED) is 0.806. The number of nitrogens with two attached hydrogens (primary N) is 1. The number of amides is 1. The molecule has 0 radical (unpaired) electrons. The monoisotopic (exact) mass is 272 g/mol. The molecular formula is C15H20N4O. The Balaban J connectivity index is 2.00. The third-order valence-electron chi connectivity index (χ3n) is 3.66. The molecule has 1 atom stereocenters. The van der Waals surface area contributed by atoms with E-state index in [9.17, 15) is 4.79 Å². The van der Waals surface area contributed by atoms with E-state index in [1.165, 1.54) is 4.90 Å². The SMILES string of the molecule is N#CCN(C(=O)CN1CCC(CN)C1)c1ccccc1. The Kier molecular flexibility index (Phi) is 5.10. The van der Waals surface area contributed by atoms with Gasteiger partial charge in [-0.25, -0.2) is 0 Å². The number of para-hydroxylation sites is 1. The van der Waals surface area contributed by atoms with Crippen molar-refractivity contribution >= 4 is 11.6 Å². The number of hydrogen-bond acceptors (Lipinski definition) is 4. The molecule has 2 N–H and O–H groups in total. The zero-order chi connectivity index (χ0) is 14.4. The standard InChI is InChI=1S/C15H20N4O/c16-7-9-19(14-4-2-1-3-5-14)15(20)12-18-8-6-13(10-17)11-18/h1-5,13H,6,8-12,17H2. The molecule has 5 nitrogen and oxygen atoms in total.